The third-order valence-electron chi connectivity index (χ3n) is 5.21. The van der Waals surface area contributed by atoms with E-state index in [1.165, 1.54) is 10.7 Å². The molecule has 142 valence electrons. The van der Waals surface area contributed by atoms with Crippen LogP contribution in [-0.2, 0) is 11.3 Å². The smallest absolute Gasteiger partial charge is 0.282 e. The molecule has 1 saturated heterocycles. The summed E-state index contributed by atoms with van der Waals surface area (Å²) in [5, 5.41) is 4.93. The quantitative estimate of drug-likeness (QED) is 0.762. The highest BCUT2D eigenvalue weighted by atomic mass is 19.3. The van der Waals surface area contributed by atoms with Crippen LogP contribution in [-0.4, -0.2) is 43.6 Å². The Bertz CT molecular complexity index is 923. The standard InChI is InChI=1S/C19H21F2N5O/c1-12-9-16(18(20)21)24-26(12)11-17(27)25-7-4-13(5-8-25)15-10-14-3-2-6-22-19(14)23-15/h2-3,6,9-10,13,18H,4-5,7-8,11H2,1H3,(H,22,23). The number of H-pyrrole nitrogens is 1. The van der Waals surface area contributed by atoms with E-state index in [-0.39, 0.29) is 18.1 Å². The van der Waals surface area contributed by atoms with Crippen molar-refractivity contribution in [3.05, 3.63) is 47.5 Å². The highest BCUT2D eigenvalue weighted by molar-refractivity contribution is 5.77. The maximum atomic E-state index is 12.8. The Morgan fingerprint density at radius 2 is 2.11 bits per heavy atom. The molecule has 4 rings (SSSR count). The summed E-state index contributed by atoms with van der Waals surface area (Å²) in [6.45, 7) is 2.98. The second-order valence-corrected chi connectivity index (χ2v) is 6.99. The summed E-state index contributed by atoms with van der Waals surface area (Å²) in [5.74, 6) is 0.277. The molecule has 0 spiro atoms. The van der Waals surface area contributed by atoms with Crippen molar-refractivity contribution in [2.75, 3.05) is 13.1 Å². The number of aromatic amines is 1. The van der Waals surface area contributed by atoms with E-state index in [4.69, 9.17) is 0 Å². The summed E-state index contributed by atoms with van der Waals surface area (Å²) in [5.41, 5.74) is 2.32. The van der Waals surface area contributed by atoms with E-state index in [2.05, 4.69) is 21.1 Å². The zero-order valence-corrected chi connectivity index (χ0v) is 15.0. The van der Waals surface area contributed by atoms with Crippen molar-refractivity contribution in [1.82, 2.24) is 24.6 Å². The predicted octanol–water partition coefficient (Wildman–Crippen LogP) is 3.41. The molecule has 1 aliphatic heterocycles. The lowest BCUT2D eigenvalue weighted by Gasteiger charge is -2.31. The average molecular weight is 373 g/mol. The first-order valence-electron chi connectivity index (χ1n) is 9.05. The first-order valence-corrected chi connectivity index (χ1v) is 9.05. The summed E-state index contributed by atoms with van der Waals surface area (Å²) >= 11 is 0. The third-order valence-corrected chi connectivity index (χ3v) is 5.21. The number of piperidine rings is 1. The van der Waals surface area contributed by atoms with Crippen LogP contribution < -0.4 is 0 Å². The molecule has 1 aliphatic rings. The SMILES string of the molecule is Cc1cc(C(F)F)nn1CC(=O)N1CCC(c2cc3cccnc3[nH]2)CC1. The van der Waals surface area contributed by atoms with Gasteiger partial charge in [0.05, 0.1) is 0 Å². The van der Waals surface area contributed by atoms with Crippen LogP contribution in [0, 0.1) is 6.92 Å². The van der Waals surface area contributed by atoms with E-state index in [0.717, 1.165) is 29.6 Å². The van der Waals surface area contributed by atoms with Gasteiger partial charge in [-0.2, -0.15) is 5.10 Å². The number of hydrogen-bond donors (Lipinski definition) is 1. The molecule has 1 amide bonds. The van der Waals surface area contributed by atoms with Crippen LogP contribution in [0.2, 0.25) is 0 Å². The maximum absolute atomic E-state index is 12.8. The lowest BCUT2D eigenvalue weighted by atomic mass is 9.93. The number of halogens is 2. The summed E-state index contributed by atoms with van der Waals surface area (Å²) < 4.78 is 26.9. The largest absolute Gasteiger partial charge is 0.343 e. The third kappa shape index (κ3) is 3.56. The molecule has 3 aromatic rings. The number of alkyl halides is 2. The second-order valence-electron chi connectivity index (χ2n) is 6.99. The van der Waals surface area contributed by atoms with Gasteiger partial charge in [0.25, 0.3) is 6.43 Å². The van der Waals surface area contributed by atoms with Gasteiger partial charge in [0, 0.05) is 42.0 Å². The number of carbonyl (C=O) groups excluding carboxylic acids is 1. The van der Waals surface area contributed by atoms with Gasteiger partial charge in [0.2, 0.25) is 5.91 Å². The van der Waals surface area contributed by atoms with Gasteiger partial charge in [-0.3, -0.25) is 9.48 Å². The summed E-state index contributed by atoms with van der Waals surface area (Å²) in [6, 6.07) is 7.40. The highest BCUT2D eigenvalue weighted by Crippen LogP contribution is 2.29. The molecule has 6 nitrogen and oxygen atoms in total. The summed E-state index contributed by atoms with van der Waals surface area (Å²) in [4.78, 5) is 22.0. The Labute approximate surface area is 155 Å². The van der Waals surface area contributed by atoms with Crippen molar-refractivity contribution in [2.45, 2.75) is 38.7 Å². The Morgan fingerprint density at radius 1 is 1.33 bits per heavy atom. The van der Waals surface area contributed by atoms with Crippen LogP contribution in [0.25, 0.3) is 11.0 Å². The van der Waals surface area contributed by atoms with Gasteiger partial charge in [0.15, 0.2) is 0 Å². The Hall–Kier alpha value is -2.77. The number of aromatic nitrogens is 4. The molecule has 0 aromatic carbocycles. The minimum atomic E-state index is -2.62. The fourth-order valence-corrected chi connectivity index (χ4v) is 3.67. The predicted molar refractivity (Wildman–Crippen MR) is 96.6 cm³/mol. The van der Waals surface area contributed by atoms with Crippen molar-refractivity contribution in [3.63, 3.8) is 0 Å². The molecule has 1 fully saturated rings. The maximum Gasteiger partial charge on any atom is 0.282 e. The van der Waals surface area contributed by atoms with Crippen molar-refractivity contribution >= 4 is 16.9 Å². The Kier molecular flexibility index (Phi) is 4.63. The first kappa shape index (κ1) is 17.6. The van der Waals surface area contributed by atoms with Crippen molar-refractivity contribution < 1.29 is 13.6 Å². The molecule has 1 N–H and O–H groups in total. The van der Waals surface area contributed by atoms with Gasteiger partial charge < -0.3 is 9.88 Å². The molecule has 3 aromatic heterocycles. The van der Waals surface area contributed by atoms with Crippen molar-refractivity contribution in [2.24, 2.45) is 0 Å². The zero-order valence-electron chi connectivity index (χ0n) is 15.0. The van der Waals surface area contributed by atoms with Gasteiger partial charge in [-0.05, 0) is 44.0 Å². The number of hydrogen-bond acceptors (Lipinski definition) is 3. The van der Waals surface area contributed by atoms with Gasteiger partial charge in [0.1, 0.15) is 17.9 Å². The van der Waals surface area contributed by atoms with E-state index in [1.54, 1.807) is 18.0 Å². The molecule has 0 bridgehead atoms. The van der Waals surface area contributed by atoms with Gasteiger partial charge in [-0.1, -0.05) is 0 Å². The van der Waals surface area contributed by atoms with Gasteiger partial charge >= 0.3 is 0 Å². The van der Waals surface area contributed by atoms with Crippen LogP contribution in [0.4, 0.5) is 8.78 Å². The number of aryl methyl sites for hydroxylation is 1. The Balaban J connectivity index is 1.38. The molecule has 8 heteroatoms. The topological polar surface area (TPSA) is 66.8 Å². The number of pyridine rings is 1. The first-order chi connectivity index (χ1) is 13.0. The number of carbonyl (C=O) groups is 1. The molecule has 0 aliphatic carbocycles. The second kappa shape index (κ2) is 7.09. The van der Waals surface area contributed by atoms with Crippen LogP contribution in [0.3, 0.4) is 0 Å². The minimum Gasteiger partial charge on any atom is -0.343 e. The van der Waals surface area contributed by atoms with Crippen molar-refractivity contribution in [3.8, 4) is 0 Å². The van der Waals surface area contributed by atoms with E-state index < -0.39 is 6.43 Å². The number of likely N-dealkylation sites (tertiary alicyclic amines) is 1. The van der Waals surface area contributed by atoms with Crippen LogP contribution in [0.5, 0.6) is 0 Å². The molecule has 0 radical (unpaired) electrons. The molecule has 0 unspecified atom stereocenters. The molecular formula is C19H21F2N5O. The lowest BCUT2D eigenvalue weighted by molar-refractivity contribution is -0.133. The van der Waals surface area contributed by atoms with E-state index in [9.17, 15) is 13.6 Å². The summed E-state index contributed by atoms with van der Waals surface area (Å²) in [6.07, 6.45) is 0.861. The number of rotatable bonds is 4. The van der Waals surface area contributed by atoms with Crippen LogP contribution in [0.15, 0.2) is 30.5 Å². The normalized spacial score (nSPS) is 15.8. The fraction of sp³-hybridized carbons (Fsp3) is 0.421. The fourth-order valence-electron chi connectivity index (χ4n) is 3.67. The number of nitrogens with zero attached hydrogens (tertiary/aromatic N) is 4. The number of fused-ring (bicyclic) bond motifs is 1. The monoisotopic (exact) mass is 373 g/mol. The molecule has 4 heterocycles. The van der Waals surface area contributed by atoms with Gasteiger partial charge in [-0.15, -0.1) is 0 Å². The molecule has 0 saturated carbocycles. The lowest BCUT2D eigenvalue weighted by Crippen LogP contribution is -2.40. The molecule has 0 atom stereocenters. The van der Waals surface area contributed by atoms with Crippen molar-refractivity contribution in [1.29, 1.82) is 0 Å². The Morgan fingerprint density at radius 3 is 2.78 bits per heavy atom. The number of amides is 1. The van der Waals surface area contributed by atoms with Crippen LogP contribution >= 0.6 is 0 Å². The minimum absolute atomic E-state index is 0.000469. The van der Waals surface area contributed by atoms with E-state index in [0.29, 0.717) is 24.7 Å². The van der Waals surface area contributed by atoms with Gasteiger partial charge in [-0.25, -0.2) is 13.8 Å². The van der Waals surface area contributed by atoms with E-state index >= 15 is 0 Å². The molecule has 27 heavy (non-hydrogen) atoms. The zero-order chi connectivity index (χ0) is 19.0. The van der Waals surface area contributed by atoms with E-state index in [1.807, 2.05) is 12.1 Å². The highest BCUT2D eigenvalue weighted by Gasteiger charge is 2.26. The molecular weight excluding hydrogens is 352 g/mol. The summed E-state index contributed by atoms with van der Waals surface area (Å²) in [7, 11) is 0. The van der Waals surface area contributed by atoms with Crippen LogP contribution in [0.1, 0.15) is 42.3 Å². The average Bonchev–Trinajstić information content (AvgIpc) is 3.26. The number of nitrogens with one attached hydrogen (secondary N) is 1.